The number of halogens is 2. The number of aliphatic carboxylic acids is 1. The molecule has 0 aliphatic carbocycles. The molecular formula is C33H29Cl2N3O5S. The lowest BCUT2D eigenvalue weighted by Gasteiger charge is -2.31. The molecule has 1 atom stereocenters. The predicted octanol–water partition coefficient (Wildman–Crippen LogP) is 7.04. The number of nitrogens with zero attached hydrogens (tertiary/aromatic N) is 1. The van der Waals surface area contributed by atoms with E-state index in [9.17, 15) is 24.3 Å². The average Bonchev–Trinajstić information content (AvgIpc) is 3.51. The van der Waals surface area contributed by atoms with Crippen molar-refractivity contribution in [3.63, 3.8) is 0 Å². The number of rotatable bonds is 9. The van der Waals surface area contributed by atoms with Gasteiger partial charge >= 0.3 is 5.97 Å². The first-order valence-corrected chi connectivity index (χ1v) is 15.6. The van der Waals surface area contributed by atoms with Crippen LogP contribution >= 0.6 is 34.5 Å². The van der Waals surface area contributed by atoms with Crippen molar-refractivity contribution in [3.8, 4) is 0 Å². The van der Waals surface area contributed by atoms with Crippen molar-refractivity contribution < 1.29 is 24.3 Å². The minimum Gasteiger partial charge on any atom is -0.481 e. The largest absolute Gasteiger partial charge is 0.481 e. The van der Waals surface area contributed by atoms with E-state index in [-0.39, 0.29) is 30.1 Å². The van der Waals surface area contributed by atoms with Crippen LogP contribution in [0.15, 0.2) is 78.2 Å². The van der Waals surface area contributed by atoms with Gasteiger partial charge in [0.15, 0.2) is 0 Å². The third kappa shape index (κ3) is 7.48. The summed E-state index contributed by atoms with van der Waals surface area (Å²) >= 11 is 14.3. The van der Waals surface area contributed by atoms with Crippen LogP contribution in [0.4, 0.5) is 5.69 Å². The van der Waals surface area contributed by atoms with E-state index >= 15 is 0 Å². The van der Waals surface area contributed by atoms with Crippen molar-refractivity contribution in [2.75, 3.05) is 18.4 Å². The number of carboxylic acids is 1. The second-order valence-electron chi connectivity index (χ2n) is 10.5. The summed E-state index contributed by atoms with van der Waals surface area (Å²) in [6.07, 6.45) is 3.66. The number of hydrogen-bond acceptors (Lipinski definition) is 5. The Labute approximate surface area is 268 Å². The molecule has 1 aromatic heterocycles. The fourth-order valence-electron chi connectivity index (χ4n) is 5.16. The van der Waals surface area contributed by atoms with Crippen LogP contribution < -0.4 is 10.6 Å². The Balaban J connectivity index is 1.19. The maximum atomic E-state index is 13.2. The molecule has 0 saturated carbocycles. The van der Waals surface area contributed by atoms with Gasteiger partial charge in [-0.05, 0) is 77.2 Å². The van der Waals surface area contributed by atoms with Gasteiger partial charge in [-0.25, -0.2) is 0 Å². The van der Waals surface area contributed by atoms with Crippen molar-refractivity contribution >= 4 is 80.1 Å². The van der Waals surface area contributed by atoms with Crippen LogP contribution in [0.1, 0.15) is 46.8 Å². The molecule has 1 aliphatic heterocycles. The molecule has 3 aromatic carbocycles. The van der Waals surface area contributed by atoms with Gasteiger partial charge < -0.3 is 20.6 Å². The summed E-state index contributed by atoms with van der Waals surface area (Å²) in [4.78, 5) is 52.1. The number of amides is 3. The Morgan fingerprint density at radius 1 is 0.977 bits per heavy atom. The number of carbonyl (C=O) groups is 4. The summed E-state index contributed by atoms with van der Waals surface area (Å²) in [5.41, 5.74) is 2.18. The highest BCUT2D eigenvalue weighted by Crippen LogP contribution is 2.37. The maximum absolute atomic E-state index is 13.2. The molecular weight excluding hydrogens is 621 g/mol. The summed E-state index contributed by atoms with van der Waals surface area (Å²) in [6, 6.07) is 18.6. The number of benzene rings is 3. The molecule has 1 fully saturated rings. The summed E-state index contributed by atoms with van der Waals surface area (Å²) in [5.74, 6) is -2.22. The minimum atomic E-state index is -1.07. The number of hydrogen-bond donors (Lipinski definition) is 3. The SMILES string of the molecule is O=C(O)C[C@@H](NC(=O)C1CCN(C(=O)/C=C/c2cc3ccsc3c(Cl)c2Cl)CC1)c1cccc(NC(=O)c2ccccc2)c1. The Bertz CT molecular complexity index is 1730. The quantitative estimate of drug-likeness (QED) is 0.168. The lowest BCUT2D eigenvalue weighted by atomic mass is 9.94. The van der Waals surface area contributed by atoms with E-state index in [1.165, 1.54) is 17.4 Å². The predicted molar refractivity (Wildman–Crippen MR) is 174 cm³/mol. The molecule has 5 rings (SSSR count). The topological polar surface area (TPSA) is 116 Å². The Morgan fingerprint density at radius 3 is 2.45 bits per heavy atom. The number of likely N-dealkylation sites (tertiary alicyclic amines) is 1. The molecule has 11 heteroatoms. The molecule has 44 heavy (non-hydrogen) atoms. The fourth-order valence-corrected chi connectivity index (χ4v) is 6.60. The first-order valence-electron chi connectivity index (χ1n) is 14.0. The number of carbonyl (C=O) groups excluding carboxylic acids is 3. The summed E-state index contributed by atoms with van der Waals surface area (Å²) in [7, 11) is 0. The van der Waals surface area contributed by atoms with Crippen LogP contribution in [-0.4, -0.2) is 46.8 Å². The van der Waals surface area contributed by atoms with E-state index in [1.54, 1.807) is 59.5 Å². The Kier molecular flexibility index (Phi) is 9.99. The van der Waals surface area contributed by atoms with Crippen LogP contribution in [0.5, 0.6) is 0 Å². The Hall–Kier alpha value is -4.18. The normalized spacial score (nSPS) is 14.5. The monoisotopic (exact) mass is 649 g/mol. The van der Waals surface area contributed by atoms with Crippen molar-refractivity contribution in [1.29, 1.82) is 0 Å². The van der Waals surface area contributed by atoms with Crippen molar-refractivity contribution in [2.45, 2.75) is 25.3 Å². The zero-order valence-corrected chi connectivity index (χ0v) is 25.8. The van der Waals surface area contributed by atoms with E-state index < -0.39 is 12.0 Å². The van der Waals surface area contributed by atoms with Gasteiger partial charge in [0, 0.05) is 36.3 Å². The van der Waals surface area contributed by atoms with Crippen LogP contribution in [0.25, 0.3) is 16.2 Å². The van der Waals surface area contributed by atoms with E-state index in [0.717, 1.165) is 10.1 Å². The molecule has 1 saturated heterocycles. The lowest BCUT2D eigenvalue weighted by molar-refractivity contribution is -0.138. The first kappa shape index (κ1) is 31.3. The van der Waals surface area contributed by atoms with Gasteiger partial charge in [-0.15, -0.1) is 11.3 Å². The van der Waals surface area contributed by atoms with Crippen molar-refractivity contribution in [1.82, 2.24) is 10.2 Å². The van der Waals surface area contributed by atoms with Crippen LogP contribution in [0.2, 0.25) is 10.0 Å². The van der Waals surface area contributed by atoms with Gasteiger partial charge in [-0.3, -0.25) is 19.2 Å². The molecule has 2 heterocycles. The molecule has 3 N–H and O–H groups in total. The molecule has 0 unspecified atom stereocenters. The highest BCUT2D eigenvalue weighted by Gasteiger charge is 2.29. The summed E-state index contributed by atoms with van der Waals surface area (Å²) < 4.78 is 0.897. The second kappa shape index (κ2) is 14.1. The minimum absolute atomic E-state index is 0.195. The van der Waals surface area contributed by atoms with E-state index in [2.05, 4.69) is 10.6 Å². The van der Waals surface area contributed by atoms with Gasteiger partial charge in [0.2, 0.25) is 11.8 Å². The van der Waals surface area contributed by atoms with Crippen molar-refractivity contribution in [2.24, 2.45) is 5.92 Å². The van der Waals surface area contributed by atoms with Gasteiger partial charge in [-0.2, -0.15) is 0 Å². The fraction of sp³-hybridized carbons (Fsp3) is 0.212. The zero-order chi connectivity index (χ0) is 31.2. The molecule has 1 aliphatic rings. The number of carboxylic acid groups (broad SMARTS) is 1. The first-order chi connectivity index (χ1) is 21.2. The smallest absolute Gasteiger partial charge is 0.305 e. The summed E-state index contributed by atoms with van der Waals surface area (Å²) in [5, 5.41) is 19.0. The molecule has 0 bridgehead atoms. The second-order valence-corrected chi connectivity index (χ2v) is 12.1. The Morgan fingerprint density at radius 2 is 1.73 bits per heavy atom. The zero-order valence-electron chi connectivity index (χ0n) is 23.5. The lowest BCUT2D eigenvalue weighted by Crippen LogP contribution is -2.43. The van der Waals surface area contributed by atoms with Crippen LogP contribution in [0, 0.1) is 5.92 Å². The third-order valence-corrected chi connectivity index (χ3v) is 9.45. The van der Waals surface area contributed by atoms with Crippen molar-refractivity contribution in [3.05, 3.63) is 105 Å². The maximum Gasteiger partial charge on any atom is 0.305 e. The average molecular weight is 651 g/mol. The van der Waals surface area contributed by atoms with Gasteiger partial charge in [0.05, 0.1) is 27.2 Å². The summed E-state index contributed by atoms with van der Waals surface area (Å²) in [6.45, 7) is 0.758. The number of fused-ring (bicyclic) bond motifs is 1. The molecule has 8 nitrogen and oxygen atoms in total. The molecule has 0 spiro atoms. The molecule has 226 valence electrons. The molecule has 3 amide bonds. The van der Waals surface area contributed by atoms with E-state index in [1.807, 2.05) is 23.6 Å². The van der Waals surface area contributed by atoms with Gasteiger partial charge in [0.25, 0.3) is 5.91 Å². The van der Waals surface area contributed by atoms with E-state index in [0.29, 0.717) is 58.4 Å². The number of nitrogens with one attached hydrogen (secondary N) is 2. The standard InChI is InChI=1S/C33H29Cl2N3O5S/c34-29-23(17-24-13-16-44-31(24)30(29)35)9-10-27(39)38-14-11-21(12-15-38)33(43)37-26(19-28(40)41)22-7-4-8-25(18-22)36-32(42)20-5-2-1-3-6-20/h1-10,13,16-18,21,26H,11-12,14-15,19H2,(H,36,42)(H,37,43)(H,40,41)/b10-9+/t26-/m1/s1. The number of piperidine rings is 1. The van der Waals surface area contributed by atoms with Crippen LogP contribution in [-0.2, 0) is 14.4 Å². The van der Waals surface area contributed by atoms with Gasteiger partial charge in [-0.1, -0.05) is 53.5 Å². The van der Waals surface area contributed by atoms with E-state index in [4.69, 9.17) is 23.2 Å². The van der Waals surface area contributed by atoms with Crippen LogP contribution in [0.3, 0.4) is 0 Å². The highest BCUT2D eigenvalue weighted by atomic mass is 35.5. The van der Waals surface area contributed by atoms with Gasteiger partial charge in [0.1, 0.15) is 0 Å². The number of anilines is 1. The molecule has 4 aromatic rings. The molecule has 0 radical (unpaired) electrons. The third-order valence-electron chi connectivity index (χ3n) is 7.51. The highest BCUT2D eigenvalue weighted by molar-refractivity contribution is 7.18. The number of thiophene rings is 1.